The van der Waals surface area contributed by atoms with Crippen molar-refractivity contribution in [2.75, 3.05) is 12.4 Å². The molecule has 0 atom stereocenters. The Bertz CT molecular complexity index is 893. The Morgan fingerprint density at radius 2 is 2.00 bits per heavy atom. The molecule has 0 spiro atoms. The van der Waals surface area contributed by atoms with Crippen LogP contribution in [0.1, 0.15) is 15.9 Å². The summed E-state index contributed by atoms with van der Waals surface area (Å²) in [7, 11) is 1.56. The Labute approximate surface area is 132 Å². The smallest absolute Gasteiger partial charge is 0.255 e. The fraction of sp³-hybridized carbons (Fsp3) is 0.111. The quantitative estimate of drug-likeness (QED) is 0.797. The van der Waals surface area contributed by atoms with Gasteiger partial charge in [-0.25, -0.2) is 4.39 Å². The Hall–Kier alpha value is -2.95. The van der Waals surface area contributed by atoms with Crippen LogP contribution in [-0.2, 0) is 0 Å². The lowest BCUT2D eigenvalue weighted by Crippen LogP contribution is -2.12. The molecule has 1 heterocycles. The van der Waals surface area contributed by atoms with Crippen molar-refractivity contribution in [3.8, 4) is 5.75 Å². The first-order valence-corrected chi connectivity index (χ1v) is 7.09. The molecule has 1 aromatic heterocycles. The summed E-state index contributed by atoms with van der Waals surface area (Å²) in [5.41, 5.74) is 2.54. The van der Waals surface area contributed by atoms with Crippen molar-refractivity contribution in [1.82, 2.24) is 4.98 Å². The molecule has 0 aliphatic rings. The number of halogens is 1. The Balaban J connectivity index is 1.96. The van der Waals surface area contributed by atoms with Crippen LogP contribution in [0.4, 0.5) is 10.1 Å². The maximum atomic E-state index is 13.5. The number of nitrogens with zero attached hydrogens (tertiary/aromatic N) is 1. The highest BCUT2D eigenvalue weighted by Gasteiger charge is 2.11. The highest BCUT2D eigenvalue weighted by molar-refractivity contribution is 6.08. The number of hydrogen-bond donors (Lipinski definition) is 1. The summed E-state index contributed by atoms with van der Waals surface area (Å²) < 4.78 is 18.7. The van der Waals surface area contributed by atoms with Gasteiger partial charge in [-0.3, -0.25) is 9.78 Å². The highest BCUT2D eigenvalue weighted by atomic mass is 19.1. The van der Waals surface area contributed by atoms with Gasteiger partial charge in [0.05, 0.1) is 18.3 Å². The molecular weight excluding hydrogens is 295 g/mol. The van der Waals surface area contributed by atoms with Gasteiger partial charge in [-0.1, -0.05) is 6.07 Å². The number of carbonyl (C=O) groups is 1. The zero-order chi connectivity index (χ0) is 16.4. The van der Waals surface area contributed by atoms with Gasteiger partial charge in [-0.05, 0) is 48.9 Å². The zero-order valence-electron chi connectivity index (χ0n) is 12.8. The minimum atomic E-state index is -0.377. The van der Waals surface area contributed by atoms with Gasteiger partial charge in [0.15, 0.2) is 0 Å². The molecule has 1 N–H and O–H groups in total. The summed E-state index contributed by atoms with van der Waals surface area (Å²) in [5, 5.41) is 3.35. The molecule has 4 nitrogen and oxygen atoms in total. The summed E-state index contributed by atoms with van der Waals surface area (Å²) in [6.07, 6.45) is 1.57. The van der Waals surface area contributed by atoms with Gasteiger partial charge in [-0.15, -0.1) is 0 Å². The van der Waals surface area contributed by atoms with Crippen LogP contribution in [0.2, 0.25) is 0 Å². The average molecular weight is 310 g/mol. The molecule has 3 aromatic rings. The minimum absolute atomic E-state index is 0.292. The zero-order valence-corrected chi connectivity index (χ0v) is 12.8. The van der Waals surface area contributed by atoms with Crippen molar-refractivity contribution in [3.05, 3.63) is 65.6 Å². The Morgan fingerprint density at radius 3 is 2.78 bits per heavy atom. The average Bonchev–Trinajstić information content (AvgIpc) is 2.55. The number of nitrogens with one attached hydrogen (secondary N) is 1. The highest BCUT2D eigenvalue weighted by Crippen LogP contribution is 2.24. The van der Waals surface area contributed by atoms with E-state index in [1.165, 1.54) is 12.1 Å². The molecular formula is C18H15FN2O2. The normalized spacial score (nSPS) is 10.6. The summed E-state index contributed by atoms with van der Waals surface area (Å²) in [6.45, 7) is 1.90. The fourth-order valence-electron chi connectivity index (χ4n) is 2.38. The molecule has 23 heavy (non-hydrogen) atoms. The van der Waals surface area contributed by atoms with Crippen molar-refractivity contribution in [1.29, 1.82) is 0 Å². The van der Waals surface area contributed by atoms with Crippen LogP contribution in [0.5, 0.6) is 5.75 Å². The van der Waals surface area contributed by atoms with Crippen molar-refractivity contribution >= 4 is 22.5 Å². The van der Waals surface area contributed by atoms with Gasteiger partial charge >= 0.3 is 0 Å². The van der Waals surface area contributed by atoms with Crippen LogP contribution in [-0.4, -0.2) is 18.0 Å². The lowest BCUT2D eigenvalue weighted by Gasteiger charge is -2.10. The van der Waals surface area contributed by atoms with Crippen molar-refractivity contribution < 1.29 is 13.9 Å². The molecule has 0 aliphatic carbocycles. The molecule has 0 fully saturated rings. The van der Waals surface area contributed by atoms with Crippen LogP contribution in [0.3, 0.4) is 0 Å². The van der Waals surface area contributed by atoms with Crippen LogP contribution in [0.25, 0.3) is 10.9 Å². The number of benzene rings is 2. The second-order valence-corrected chi connectivity index (χ2v) is 5.16. The molecule has 0 radical (unpaired) electrons. The van der Waals surface area contributed by atoms with Crippen molar-refractivity contribution in [2.45, 2.75) is 6.92 Å². The van der Waals surface area contributed by atoms with Gasteiger partial charge < -0.3 is 10.1 Å². The summed E-state index contributed by atoms with van der Waals surface area (Å²) in [5.74, 6) is -0.0265. The number of aryl methyl sites for hydroxylation is 1. The van der Waals surface area contributed by atoms with Gasteiger partial charge in [0.1, 0.15) is 11.6 Å². The number of pyridine rings is 1. The monoisotopic (exact) mass is 310 g/mol. The van der Waals surface area contributed by atoms with E-state index in [1.54, 1.807) is 37.6 Å². The molecule has 0 unspecified atom stereocenters. The third kappa shape index (κ3) is 2.99. The minimum Gasteiger partial charge on any atom is -0.496 e. The SMILES string of the molecule is COc1cc(C(=O)Nc2ccnc3ccc(F)cc23)ccc1C. The number of ether oxygens (including phenoxy) is 1. The molecule has 0 aliphatic heterocycles. The van der Waals surface area contributed by atoms with Crippen molar-refractivity contribution in [2.24, 2.45) is 0 Å². The number of methoxy groups -OCH3 is 1. The Morgan fingerprint density at radius 1 is 1.17 bits per heavy atom. The predicted octanol–water partition coefficient (Wildman–Crippen LogP) is 3.94. The summed E-state index contributed by atoms with van der Waals surface area (Å²) >= 11 is 0. The van der Waals surface area contributed by atoms with E-state index in [4.69, 9.17) is 4.74 Å². The molecule has 0 saturated carbocycles. The largest absolute Gasteiger partial charge is 0.496 e. The number of hydrogen-bond acceptors (Lipinski definition) is 3. The third-order valence-electron chi connectivity index (χ3n) is 3.62. The Kier molecular flexibility index (Phi) is 3.93. The second kappa shape index (κ2) is 6.04. The number of aromatic nitrogens is 1. The molecule has 1 amide bonds. The van der Waals surface area contributed by atoms with Gasteiger partial charge in [0.2, 0.25) is 0 Å². The molecule has 3 rings (SSSR count). The fourth-order valence-corrected chi connectivity index (χ4v) is 2.38. The van der Waals surface area contributed by atoms with E-state index < -0.39 is 0 Å². The van der Waals surface area contributed by atoms with Gasteiger partial charge in [-0.2, -0.15) is 0 Å². The first kappa shape index (κ1) is 15.0. The lowest BCUT2D eigenvalue weighted by molar-refractivity contribution is 0.102. The lowest BCUT2D eigenvalue weighted by atomic mass is 10.1. The van der Waals surface area contributed by atoms with E-state index in [0.29, 0.717) is 27.9 Å². The van der Waals surface area contributed by atoms with E-state index in [9.17, 15) is 9.18 Å². The topological polar surface area (TPSA) is 51.2 Å². The van der Waals surface area contributed by atoms with E-state index in [0.717, 1.165) is 5.56 Å². The first-order chi connectivity index (χ1) is 11.1. The number of amides is 1. The number of anilines is 1. The van der Waals surface area contributed by atoms with E-state index in [2.05, 4.69) is 10.3 Å². The number of carbonyl (C=O) groups excluding carboxylic acids is 1. The molecule has 0 saturated heterocycles. The maximum Gasteiger partial charge on any atom is 0.255 e. The summed E-state index contributed by atoms with van der Waals surface area (Å²) in [4.78, 5) is 16.6. The molecule has 5 heteroatoms. The van der Waals surface area contributed by atoms with E-state index >= 15 is 0 Å². The van der Waals surface area contributed by atoms with Gasteiger partial charge in [0.25, 0.3) is 5.91 Å². The van der Waals surface area contributed by atoms with E-state index in [1.807, 2.05) is 13.0 Å². The molecule has 2 aromatic carbocycles. The molecule has 0 bridgehead atoms. The van der Waals surface area contributed by atoms with Crippen LogP contribution in [0.15, 0.2) is 48.7 Å². The number of fused-ring (bicyclic) bond motifs is 1. The number of rotatable bonds is 3. The first-order valence-electron chi connectivity index (χ1n) is 7.09. The maximum absolute atomic E-state index is 13.5. The second-order valence-electron chi connectivity index (χ2n) is 5.16. The summed E-state index contributed by atoms with van der Waals surface area (Å²) in [6, 6.07) is 11.1. The van der Waals surface area contributed by atoms with Crippen LogP contribution >= 0.6 is 0 Å². The van der Waals surface area contributed by atoms with Crippen LogP contribution in [0, 0.1) is 12.7 Å². The van der Waals surface area contributed by atoms with Gasteiger partial charge in [0, 0.05) is 17.1 Å². The molecule has 116 valence electrons. The third-order valence-corrected chi connectivity index (χ3v) is 3.62. The standard InChI is InChI=1S/C18H15FN2O2/c1-11-3-4-12(9-17(11)23-2)18(22)21-16-7-8-20-15-6-5-13(19)10-14(15)16/h3-10H,1-2H3,(H,20,21,22). The van der Waals surface area contributed by atoms with Crippen molar-refractivity contribution in [3.63, 3.8) is 0 Å². The van der Waals surface area contributed by atoms with E-state index in [-0.39, 0.29) is 11.7 Å². The predicted molar refractivity (Wildman–Crippen MR) is 87.4 cm³/mol. The van der Waals surface area contributed by atoms with Crippen LogP contribution < -0.4 is 10.1 Å².